The summed E-state index contributed by atoms with van der Waals surface area (Å²) in [6.45, 7) is 2.85. The molecule has 5 nitrogen and oxygen atoms in total. The van der Waals surface area contributed by atoms with Gasteiger partial charge in [-0.3, -0.25) is 9.69 Å². The molecule has 3 atom stereocenters. The van der Waals surface area contributed by atoms with Crippen molar-refractivity contribution in [1.82, 2.24) is 14.8 Å². The van der Waals surface area contributed by atoms with Crippen molar-refractivity contribution in [2.45, 2.75) is 30.8 Å². The van der Waals surface area contributed by atoms with Gasteiger partial charge in [0.1, 0.15) is 11.6 Å². The van der Waals surface area contributed by atoms with Crippen LogP contribution in [0.15, 0.2) is 42.6 Å². The summed E-state index contributed by atoms with van der Waals surface area (Å²) in [6.07, 6.45) is 3.85. The second-order valence-corrected chi connectivity index (χ2v) is 7.94. The molecular weight excluding hydrogens is 343 g/mol. The second kappa shape index (κ2) is 6.30. The molecule has 4 aliphatic heterocycles. The van der Waals surface area contributed by atoms with E-state index in [4.69, 9.17) is 5.73 Å². The third kappa shape index (κ3) is 2.70. The van der Waals surface area contributed by atoms with Crippen LogP contribution in [0.5, 0.6) is 0 Å². The maximum absolute atomic E-state index is 13.4. The minimum Gasteiger partial charge on any atom is -0.384 e. The summed E-state index contributed by atoms with van der Waals surface area (Å²) in [6, 6.07) is 10.8. The van der Waals surface area contributed by atoms with Gasteiger partial charge in [0, 0.05) is 24.7 Å². The Labute approximate surface area is 158 Å². The molecule has 4 saturated heterocycles. The zero-order valence-electron chi connectivity index (χ0n) is 15.1. The molecule has 0 radical (unpaired) electrons. The first kappa shape index (κ1) is 16.7. The van der Waals surface area contributed by atoms with Gasteiger partial charge in [0.2, 0.25) is 0 Å². The number of nitrogen functional groups attached to an aromatic ring is 1. The van der Waals surface area contributed by atoms with Crippen molar-refractivity contribution in [3.63, 3.8) is 0 Å². The maximum Gasteiger partial charge on any atom is 0.255 e. The molecule has 0 aliphatic carbocycles. The number of likely N-dealkylation sites (tertiary alicyclic amines) is 1. The molecule has 1 aromatic heterocycles. The lowest BCUT2D eigenvalue weighted by Gasteiger charge is -2.51. The van der Waals surface area contributed by atoms with Crippen molar-refractivity contribution < 1.29 is 9.18 Å². The Hall–Kier alpha value is -2.47. The van der Waals surface area contributed by atoms with Gasteiger partial charge in [-0.15, -0.1) is 0 Å². The second-order valence-electron chi connectivity index (χ2n) is 7.94. The number of aromatic nitrogens is 1. The van der Waals surface area contributed by atoms with Gasteiger partial charge in [0.25, 0.3) is 5.91 Å². The molecule has 140 valence electrons. The van der Waals surface area contributed by atoms with Gasteiger partial charge >= 0.3 is 0 Å². The first-order chi connectivity index (χ1) is 13.1. The Balaban J connectivity index is 1.51. The zero-order chi connectivity index (χ0) is 18.5. The van der Waals surface area contributed by atoms with E-state index in [-0.39, 0.29) is 23.7 Å². The molecule has 1 amide bonds. The van der Waals surface area contributed by atoms with Crippen molar-refractivity contribution in [2.75, 3.05) is 25.4 Å². The topological polar surface area (TPSA) is 62.5 Å². The van der Waals surface area contributed by atoms with Crippen molar-refractivity contribution >= 4 is 11.7 Å². The smallest absolute Gasteiger partial charge is 0.255 e. The van der Waals surface area contributed by atoms with Crippen LogP contribution >= 0.6 is 0 Å². The van der Waals surface area contributed by atoms with Gasteiger partial charge in [0.15, 0.2) is 0 Å². The van der Waals surface area contributed by atoms with E-state index in [1.165, 1.54) is 12.1 Å². The van der Waals surface area contributed by atoms with Crippen LogP contribution in [0.1, 0.15) is 34.7 Å². The molecule has 6 rings (SSSR count). The fourth-order valence-electron chi connectivity index (χ4n) is 5.36. The summed E-state index contributed by atoms with van der Waals surface area (Å²) in [4.78, 5) is 22.0. The number of amides is 1. The third-order valence-corrected chi connectivity index (χ3v) is 6.59. The molecule has 2 aromatic rings. The number of anilines is 1. The third-order valence-electron chi connectivity index (χ3n) is 6.59. The van der Waals surface area contributed by atoms with E-state index >= 15 is 0 Å². The van der Waals surface area contributed by atoms with Crippen LogP contribution in [-0.4, -0.2) is 52.4 Å². The fourth-order valence-corrected chi connectivity index (χ4v) is 5.36. The predicted molar refractivity (Wildman–Crippen MR) is 101 cm³/mol. The van der Waals surface area contributed by atoms with Crippen LogP contribution in [0.4, 0.5) is 10.2 Å². The Morgan fingerprint density at radius 1 is 1.07 bits per heavy atom. The molecule has 6 heteroatoms. The summed E-state index contributed by atoms with van der Waals surface area (Å²) >= 11 is 0. The number of pyridine rings is 1. The monoisotopic (exact) mass is 366 g/mol. The quantitative estimate of drug-likeness (QED) is 0.887. The lowest BCUT2D eigenvalue weighted by molar-refractivity contribution is -0.00342. The largest absolute Gasteiger partial charge is 0.384 e. The minimum absolute atomic E-state index is 0.0239. The number of fused-ring (bicyclic) bond motifs is 2. The van der Waals surface area contributed by atoms with Gasteiger partial charge in [0.05, 0.1) is 11.6 Å². The number of rotatable bonds is 2. The molecule has 1 aromatic carbocycles. The summed E-state index contributed by atoms with van der Waals surface area (Å²) in [5, 5.41) is 0. The van der Waals surface area contributed by atoms with Crippen LogP contribution in [0.3, 0.4) is 0 Å². The van der Waals surface area contributed by atoms with Crippen molar-refractivity contribution in [1.29, 1.82) is 0 Å². The highest BCUT2D eigenvalue weighted by atomic mass is 19.1. The Morgan fingerprint density at radius 2 is 1.81 bits per heavy atom. The molecule has 0 unspecified atom stereocenters. The number of nitrogens with zero attached hydrogens (tertiary/aromatic N) is 3. The van der Waals surface area contributed by atoms with Crippen LogP contribution in [-0.2, 0) is 0 Å². The number of hydrogen-bond donors (Lipinski definition) is 1. The summed E-state index contributed by atoms with van der Waals surface area (Å²) in [5.74, 6) is 0.967. The predicted octanol–water partition coefficient (Wildman–Crippen LogP) is 2.51. The summed E-state index contributed by atoms with van der Waals surface area (Å²) < 4.78 is 13.4. The Morgan fingerprint density at radius 3 is 2.48 bits per heavy atom. The van der Waals surface area contributed by atoms with Gasteiger partial charge in [-0.1, -0.05) is 12.1 Å². The van der Waals surface area contributed by atoms with E-state index in [0.717, 1.165) is 31.5 Å². The van der Waals surface area contributed by atoms with Crippen LogP contribution in [0.2, 0.25) is 0 Å². The number of hydrogen-bond acceptors (Lipinski definition) is 4. The van der Waals surface area contributed by atoms with Crippen molar-refractivity contribution in [3.05, 3.63) is 59.5 Å². The van der Waals surface area contributed by atoms with Crippen LogP contribution in [0, 0.1) is 11.7 Å². The zero-order valence-corrected chi connectivity index (χ0v) is 15.1. The van der Waals surface area contributed by atoms with Crippen molar-refractivity contribution in [3.8, 4) is 0 Å². The van der Waals surface area contributed by atoms with Gasteiger partial charge in [-0.25, -0.2) is 9.37 Å². The lowest BCUT2D eigenvalue weighted by Crippen LogP contribution is -2.60. The molecule has 0 spiro atoms. The first-order valence-electron chi connectivity index (χ1n) is 9.64. The fraction of sp³-hybridized carbons (Fsp3) is 0.429. The molecular formula is C21H23FN4O. The van der Waals surface area contributed by atoms with E-state index < -0.39 is 0 Å². The molecule has 2 bridgehead atoms. The number of carbonyl (C=O) groups is 1. The number of benzene rings is 1. The average Bonchev–Trinajstić information content (AvgIpc) is 3.12. The van der Waals surface area contributed by atoms with E-state index in [1.807, 2.05) is 17.0 Å². The van der Waals surface area contributed by atoms with Crippen LogP contribution in [0.25, 0.3) is 0 Å². The standard InChI is InChI=1S/C21H23FN4O/c22-16-4-1-13(2-5-16)17-12-26(21(27)15-3-6-18(23)24-11-15)19-14-7-9-25(10-8-14)20(17)19/h1-6,11,14,17,19-20H,7-10,12H2,(H2,23,24)/t17-,19+,20+/m1/s1. The number of piperidine rings is 3. The highest BCUT2D eigenvalue weighted by Gasteiger charge is 2.54. The highest BCUT2D eigenvalue weighted by Crippen LogP contribution is 2.46. The highest BCUT2D eigenvalue weighted by molar-refractivity contribution is 5.94. The molecule has 27 heavy (non-hydrogen) atoms. The van der Waals surface area contributed by atoms with E-state index in [1.54, 1.807) is 18.3 Å². The molecule has 5 heterocycles. The number of halogens is 1. The molecule has 2 N–H and O–H groups in total. The maximum atomic E-state index is 13.4. The van der Waals surface area contributed by atoms with Gasteiger partial charge < -0.3 is 10.6 Å². The normalized spacial score (nSPS) is 31.7. The summed E-state index contributed by atoms with van der Waals surface area (Å²) in [5.41, 5.74) is 7.37. The first-order valence-corrected chi connectivity index (χ1v) is 9.64. The molecule has 4 aliphatic rings. The van der Waals surface area contributed by atoms with E-state index in [0.29, 0.717) is 29.9 Å². The van der Waals surface area contributed by atoms with E-state index in [2.05, 4.69) is 9.88 Å². The number of nitrogens with two attached hydrogens (primary N) is 1. The van der Waals surface area contributed by atoms with Crippen molar-refractivity contribution in [2.24, 2.45) is 5.92 Å². The summed E-state index contributed by atoms with van der Waals surface area (Å²) in [7, 11) is 0. The molecule has 4 fully saturated rings. The van der Waals surface area contributed by atoms with Crippen LogP contribution < -0.4 is 5.73 Å². The Kier molecular flexibility index (Phi) is 3.90. The SMILES string of the molecule is Nc1ccc(C(=O)N2C[C@H](c3ccc(F)cc3)[C@H]3[C@@H]2C2CCN3CC2)cn1. The Bertz CT molecular complexity index is 845. The van der Waals surface area contributed by atoms with E-state index in [9.17, 15) is 9.18 Å². The average molecular weight is 366 g/mol. The molecule has 0 saturated carbocycles. The number of carbonyl (C=O) groups excluding carboxylic acids is 1. The van der Waals surface area contributed by atoms with Gasteiger partial charge in [-0.05, 0) is 61.7 Å². The van der Waals surface area contributed by atoms with Gasteiger partial charge in [-0.2, -0.15) is 0 Å². The lowest BCUT2D eigenvalue weighted by atomic mass is 9.75. The minimum atomic E-state index is -0.223.